The maximum absolute atomic E-state index is 12.2. The summed E-state index contributed by atoms with van der Waals surface area (Å²) in [5.74, 6) is 0.0539. The van der Waals surface area contributed by atoms with E-state index in [2.05, 4.69) is 5.32 Å². The Morgan fingerprint density at radius 1 is 1.00 bits per heavy atom. The number of nitrogens with one attached hydrogen (secondary N) is 1. The largest absolute Gasteiger partial charge is 0.484 e. The molecule has 2 aromatic carbocycles. The van der Waals surface area contributed by atoms with Gasteiger partial charge in [0.25, 0.3) is 11.8 Å². The van der Waals surface area contributed by atoms with Gasteiger partial charge in [0.15, 0.2) is 6.61 Å². The summed E-state index contributed by atoms with van der Waals surface area (Å²) >= 11 is 0. The predicted molar refractivity (Wildman–Crippen MR) is 113 cm³/mol. The van der Waals surface area contributed by atoms with E-state index in [1.54, 1.807) is 36.4 Å². The van der Waals surface area contributed by atoms with Gasteiger partial charge in [-0.15, -0.1) is 12.4 Å². The van der Waals surface area contributed by atoms with Crippen LogP contribution in [0.25, 0.3) is 0 Å². The van der Waals surface area contributed by atoms with Crippen molar-refractivity contribution in [1.29, 1.82) is 0 Å². The van der Waals surface area contributed by atoms with E-state index >= 15 is 0 Å². The van der Waals surface area contributed by atoms with E-state index in [9.17, 15) is 19.8 Å². The monoisotopic (exact) mass is 435 g/mol. The molecule has 1 aliphatic heterocycles. The van der Waals surface area contributed by atoms with Gasteiger partial charge in [0.2, 0.25) is 0 Å². The molecule has 0 radical (unpaired) electrons. The lowest BCUT2D eigenvalue weighted by molar-refractivity contribution is -0.132. The first-order chi connectivity index (χ1) is 14.0. The topological polar surface area (TPSA) is 125 Å². The minimum Gasteiger partial charge on any atom is -0.484 e. The molecule has 8 nitrogen and oxygen atoms in total. The summed E-state index contributed by atoms with van der Waals surface area (Å²) in [5, 5.41) is 21.8. The van der Waals surface area contributed by atoms with E-state index in [1.807, 2.05) is 12.1 Å². The van der Waals surface area contributed by atoms with Crippen molar-refractivity contribution >= 4 is 24.2 Å². The molecule has 162 valence electrons. The number of β-amino-alcohol motifs (C(OH)–C–C–N with tert-alkyl or cyclic N) is 2. The molecular weight excluding hydrogens is 410 g/mol. The fourth-order valence-corrected chi connectivity index (χ4v) is 2.99. The Morgan fingerprint density at radius 2 is 1.57 bits per heavy atom. The molecule has 0 unspecified atom stereocenters. The van der Waals surface area contributed by atoms with Crippen molar-refractivity contribution in [3.63, 3.8) is 0 Å². The summed E-state index contributed by atoms with van der Waals surface area (Å²) in [6, 6.07) is 14.2. The van der Waals surface area contributed by atoms with Gasteiger partial charge in [-0.25, -0.2) is 0 Å². The number of amides is 2. The van der Waals surface area contributed by atoms with E-state index in [0.717, 1.165) is 11.1 Å². The molecule has 0 saturated carbocycles. The number of aliphatic hydroxyl groups is 2. The van der Waals surface area contributed by atoms with Crippen molar-refractivity contribution in [3.8, 4) is 5.75 Å². The molecule has 5 N–H and O–H groups in total. The zero-order valence-electron chi connectivity index (χ0n) is 16.4. The van der Waals surface area contributed by atoms with Crippen LogP contribution >= 0.6 is 12.4 Å². The molecule has 0 spiro atoms. The predicted octanol–water partition coefficient (Wildman–Crippen LogP) is 0.440. The minimum absolute atomic E-state index is 0. The summed E-state index contributed by atoms with van der Waals surface area (Å²) in [7, 11) is 0. The average Bonchev–Trinajstić information content (AvgIpc) is 3.09. The van der Waals surface area contributed by atoms with Crippen molar-refractivity contribution in [3.05, 3.63) is 65.2 Å². The van der Waals surface area contributed by atoms with Crippen molar-refractivity contribution in [1.82, 2.24) is 10.2 Å². The number of halogens is 1. The number of aliphatic hydroxyl groups excluding tert-OH is 2. The number of benzene rings is 2. The summed E-state index contributed by atoms with van der Waals surface area (Å²) in [6.45, 7) is 0.840. The fraction of sp³-hybridized carbons (Fsp3) is 0.333. The molecule has 2 atom stereocenters. The lowest BCUT2D eigenvalue weighted by atomic mass is 10.1. The second kappa shape index (κ2) is 10.9. The molecule has 0 bridgehead atoms. The second-order valence-corrected chi connectivity index (χ2v) is 6.95. The Labute approximate surface area is 181 Å². The van der Waals surface area contributed by atoms with Gasteiger partial charge in [-0.2, -0.15) is 0 Å². The average molecular weight is 436 g/mol. The van der Waals surface area contributed by atoms with Crippen LogP contribution in [0.5, 0.6) is 5.75 Å². The van der Waals surface area contributed by atoms with Gasteiger partial charge in [0.05, 0.1) is 12.2 Å². The summed E-state index contributed by atoms with van der Waals surface area (Å²) in [6.07, 6.45) is -1.82. The highest BCUT2D eigenvalue weighted by Gasteiger charge is 2.32. The molecule has 30 heavy (non-hydrogen) atoms. The molecule has 1 fully saturated rings. The third-order valence-electron chi connectivity index (χ3n) is 4.80. The Kier molecular flexibility index (Phi) is 8.61. The number of carbonyl (C=O) groups is 2. The number of nitrogens with two attached hydrogens (primary N) is 1. The van der Waals surface area contributed by atoms with Crippen LogP contribution in [0.15, 0.2) is 48.5 Å². The summed E-state index contributed by atoms with van der Waals surface area (Å²) in [5.41, 5.74) is 7.97. The van der Waals surface area contributed by atoms with Gasteiger partial charge in [0.1, 0.15) is 5.75 Å². The number of rotatable bonds is 7. The Bertz CT molecular complexity index is 835. The summed E-state index contributed by atoms with van der Waals surface area (Å²) < 4.78 is 5.47. The van der Waals surface area contributed by atoms with Crippen LogP contribution in [0.4, 0.5) is 0 Å². The Morgan fingerprint density at radius 3 is 2.13 bits per heavy atom. The molecule has 1 heterocycles. The number of nitrogens with zero attached hydrogens (tertiary/aromatic N) is 1. The normalized spacial score (nSPS) is 17.9. The second-order valence-electron chi connectivity index (χ2n) is 6.95. The van der Waals surface area contributed by atoms with Crippen molar-refractivity contribution < 1.29 is 24.5 Å². The highest BCUT2D eigenvalue weighted by Crippen LogP contribution is 2.14. The lowest BCUT2D eigenvalue weighted by Gasteiger charge is -2.15. The smallest absolute Gasteiger partial charge is 0.260 e. The van der Waals surface area contributed by atoms with E-state index in [1.165, 1.54) is 4.90 Å². The molecule has 2 aromatic rings. The minimum atomic E-state index is -0.910. The van der Waals surface area contributed by atoms with Crippen LogP contribution in [-0.4, -0.2) is 58.8 Å². The number of hydrogen-bond donors (Lipinski definition) is 4. The van der Waals surface area contributed by atoms with Gasteiger partial charge >= 0.3 is 0 Å². The zero-order valence-corrected chi connectivity index (χ0v) is 17.2. The van der Waals surface area contributed by atoms with Crippen LogP contribution in [0.1, 0.15) is 21.5 Å². The van der Waals surface area contributed by atoms with Crippen LogP contribution < -0.4 is 15.8 Å². The van der Waals surface area contributed by atoms with E-state index in [0.29, 0.717) is 24.4 Å². The zero-order chi connectivity index (χ0) is 20.8. The Hall–Kier alpha value is -2.65. The Balaban J connectivity index is 0.00000320. The highest BCUT2D eigenvalue weighted by molar-refractivity contribution is 5.94. The number of hydrogen-bond acceptors (Lipinski definition) is 6. The summed E-state index contributed by atoms with van der Waals surface area (Å²) in [4.78, 5) is 25.6. The van der Waals surface area contributed by atoms with Crippen LogP contribution in [0.3, 0.4) is 0 Å². The molecule has 2 amide bonds. The maximum Gasteiger partial charge on any atom is 0.260 e. The van der Waals surface area contributed by atoms with Gasteiger partial charge in [0, 0.05) is 31.7 Å². The van der Waals surface area contributed by atoms with Crippen LogP contribution in [0.2, 0.25) is 0 Å². The van der Waals surface area contributed by atoms with Crippen molar-refractivity contribution in [2.45, 2.75) is 25.3 Å². The molecular formula is C21H26ClN3O5. The van der Waals surface area contributed by atoms with Gasteiger partial charge in [-0.3, -0.25) is 9.59 Å². The van der Waals surface area contributed by atoms with E-state index in [4.69, 9.17) is 10.5 Å². The van der Waals surface area contributed by atoms with Crippen molar-refractivity contribution in [2.75, 3.05) is 19.7 Å². The van der Waals surface area contributed by atoms with Gasteiger partial charge < -0.3 is 30.9 Å². The first-order valence-electron chi connectivity index (χ1n) is 9.39. The quantitative estimate of drug-likeness (QED) is 0.500. The lowest BCUT2D eigenvalue weighted by Crippen LogP contribution is -2.33. The van der Waals surface area contributed by atoms with Crippen LogP contribution in [-0.2, 0) is 17.9 Å². The number of likely N-dealkylation sites (tertiary alicyclic amines) is 1. The molecule has 1 aliphatic rings. The van der Waals surface area contributed by atoms with Crippen LogP contribution in [0, 0.1) is 0 Å². The number of ether oxygens (including phenoxy) is 1. The third kappa shape index (κ3) is 6.17. The molecule has 9 heteroatoms. The van der Waals surface area contributed by atoms with Gasteiger partial charge in [-0.1, -0.05) is 24.3 Å². The fourth-order valence-electron chi connectivity index (χ4n) is 2.99. The maximum atomic E-state index is 12.2. The van der Waals surface area contributed by atoms with E-state index < -0.39 is 12.2 Å². The van der Waals surface area contributed by atoms with Crippen molar-refractivity contribution in [2.24, 2.45) is 5.73 Å². The van der Waals surface area contributed by atoms with E-state index in [-0.39, 0.29) is 43.9 Å². The number of carbonyl (C=O) groups excluding carboxylic acids is 2. The molecule has 1 saturated heterocycles. The standard InChI is InChI=1S/C21H25N3O5.ClH/c22-9-14-1-5-16(6-2-14)21(28)23-10-15-3-7-17(8-4-15)29-13-20(27)24-11-18(25)19(26)12-24;/h1-8,18-19,25-26H,9-13,22H2,(H,23,28);1H/t18-,19+;. The SMILES string of the molecule is Cl.NCc1ccc(C(=O)NCc2ccc(OCC(=O)N3C[C@@H](O)[C@@H](O)C3)cc2)cc1. The highest BCUT2D eigenvalue weighted by atomic mass is 35.5. The van der Waals surface area contributed by atoms with Gasteiger partial charge in [-0.05, 0) is 35.4 Å². The molecule has 3 rings (SSSR count). The molecule has 0 aliphatic carbocycles. The first-order valence-corrected chi connectivity index (χ1v) is 9.39. The first kappa shape index (κ1) is 23.6. The third-order valence-corrected chi connectivity index (χ3v) is 4.80. The molecule has 0 aromatic heterocycles.